The van der Waals surface area contributed by atoms with E-state index in [-0.39, 0.29) is 38.1 Å². The van der Waals surface area contributed by atoms with Crippen LogP contribution in [-0.2, 0) is 66.8 Å². The summed E-state index contributed by atoms with van der Waals surface area (Å²) in [4.78, 5) is 103. The number of nitrogens with two attached hydrogens (primary N) is 1. The van der Waals surface area contributed by atoms with Crippen LogP contribution in [0.15, 0.2) is 0 Å². The molecule has 2 unspecified atom stereocenters. The van der Waals surface area contributed by atoms with Crippen LogP contribution in [0.2, 0.25) is 0 Å². The number of aliphatic hydroxyl groups excluding tert-OH is 1. The van der Waals surface area contributed by atoms with Gasteiger partial charge in [0.2, 0.25) is 29.9 Å². The van der Waals surface area contributed by atoms with Gasteiger partial charge < -0.3 is 55.2 Å². The van der Waals surface area contributed by atoms with Gasteiger partial charge in [0.15, 0.2) is 0 Å². The summed E-state index contributed by atoms with van der Waals surface area (Å²) in [5.41, 5.74) is 5.45. The molecule has 0 aromatic rings. The molecule has 1 heterocycles. The molecule has 19 nitrogen and oxygen atoms in total. The molecule has 4 amide bonds. The standard InChI is InChI=1S/C60H108N4O15/c1-8-11-14-17-20-23-24-27-30-33-36-39-52(68)79-60-54(63-46(6)65)56(76-45(5)59(73)62-44(4)58(72)64-48(57(61)71)40-41-50(66)74-7)55(70)49(78-60)43-75-53(69)42-47(37-34-31-28-25-21-18-15-12-9-2)77-51(67)38-35-32-29-26-22-19-16-13-10-3/h44-45,47-49,54-56,60,70H,8-43H2,1-7H3,(H2,61,71)(H,62,73)(H,63,65)(H,64,72)/t44-,45?,47+,48+,49+,54+,55+,56-,60?/m0/s1. The molecule has 0 aliphatic carbocycles. The van der Waals surface area contributed by atoms with Crippen LogP contribution in [-0.4, -0.2) is 121 Å². The highest BCUT2D eigenvalue weighted by Crippen LogP contribution is 2.28. The molecule has 9 atom stereocenters. The highest BCUT2D eigenvalue weighted by atomic mass is 16.7. The average Bonchev–Trinajstić information content (AvgIpc) is 3.42. The maximum absolute atomic E-state index is 13.7. The number of unbranched alkanes of at least 4 members (excludes halogenated alkanes) is 26. The normalized spacial score (nSPS) is 18.6. The Labute approximate surface area is 474 Å². The Kier molecular flexibility index (Phi) is 42.6. The molecule has 0 bridgehead atoms. The quantitative estimate of drug-likeness (QED) is 0.0215. The van der Waals surface area contributed by atoms with Crippen LogP contribution >= 0.6 is 0 Å². The second-order valence-corrected chi connectivity index (χ2v) is 21.8. The second kappa shape index (κ2) is 46.3. The average molecular weight is 1130 g/mol. The van der Waals surface area contributed by atoms with E-state index in [1.165, 1.54) is 131 Å². The maximum atomic E-state index is 13.7. The lowest BCUT2D eigenvalue weighted by atomic mass is 9.96. The number of hydrogen-bond donors (Lipinski definition) is 5. The lowest BCUT2D eigenvalue weighted by Gasteiger charge is -2.44. The van der Waals surface area contributed by atoms with Gasteiger partial charge in [0.05, 0.1) is 13.5 Å². The van der Waals surface area contributed by atoms with Crippen LogP contribution in [0.4, 0.5) is 0 Å². The van der Waals surface area contributed by atoms with Crippen LogP contribution in [0.25, 0.3) is 0 Å². The molecule has 1 fully saturated rings. The van der Waals surface area contributed by atoms with E-state index < -0.39 is 103 Å². The molecule has 79 heavy (non-hydrogen) atoms. The zero-order valence-electron chi connectivity index (χ0n) is 49.9. The summed E-state index contributed by atoms with van der Waals surface area (Å²) in [6, 6.07) is -3.86. The first kappa shape index (κ1) is 72.7. The Hall–Kier alpha value is -4.36. The van der Waals surface area contributed by atoms with Crippen LogP contribution < -0.4 is 21.7 Å². The third-order valence-corrected chi connectivity index (χ3v) is 14.5. The number of primary amides is 1. The smallest absolute Gasteiger partial charge is 0.309 e. The van der Waals surface area contributed by atoms with Gasteiger partial charge in [-0.1, -0.05) is 188 Å². The SMILES string of the molecule is CCCCCCCCCCCCCC(=O)OC1O[C@H](COC(=O)C[C@@H](CCCCCCCCCCC)OC(=O)CCCCCCCCCCC)[C@@H](O)[C@@H](OC(C)C(=O)N[C@@H](C)C(=O)N[C@H](CCC(=O)OC)C(N)=O)[C@H]1NC(C)=O. The van der Waals surface area contributed by atoms with E-state index in [0.29, 0.717) is 19.3 Å². The van der Waals surface area contributed by atoms with Crippen molar-refractivity contribution < 1.29 is 71.9 Å². The molecule has 6 N–H and O–H groups in total. The van der Waals surface area contributed by atoms with Crippen molar-refractivity contribution in [1.82, 2.24) is 16.0 Å². The molecule has 0 aromatic heterocycles. The third-order valence-electron chi connectivity index (χ3n) is 14.5. The Balaban J connectivity index is 3.24. The number of hydrogen-bond acceptors (Lipinski definition) is 15. The van der Waals surface area contributed by atoms with Crippen molar-refractivity contribution in [1.29, 1.82) is 0 Å². The number of amides is 4. The van der Waals surface area contributed by atoms with Crippen molar-refractivity contribution in [2.24, 2.45) is 5.73 Å². The minimum Gasteiger partial charge on any atom is -0.469 e. The fourth-order valence-corrected chi connectivity index (χ4v) is 9.60. The maximum Gasteiger partial charge on any atom is 0.309 e. The monoisotopic (exact) mass is 1120 g/mol. The van der Waals surface area contributed by atoms with Gasteiger partial charge in [-0.25, -0.2) is 0 Å². The molecule has 1 aliphatic heterocycles. The zero-order chi connectivity index (χ0) is 58.6. The predicted octanol–water partition coefficient (Wildman–Crippen LogP) is 9.71. The van der Waals surface area contributed by atoms with E-state index in [9.17, 15) is 43.5 Å². The summed E-state index contributed by atoms with van der Waals surface area (Å²) in [6.45, 7) is 9.92. The van der Waals surface area contributed by atoms with Gasteiger partial charge in [-0.3, -0.25) is 38.4 Å². The van der Waals surface area contributed by atoms with Crippen molar-refractivity contribution in [3.8, 4) is 0 Å². The third kappa shape index (κ3) is 35.9. The topological polar surface area (TPSA) is 274 Å². The van der Waals surface area contributed by atoms with Gasteiger partial charge >= 0.3 is 23.9 Å². The van der Waals surface area contributed by atoms with Gasteiger partial charge in [-0.2, -0.15) is 0 Å². The first-order valence-corrected chi connectivity index (χ1v) is 30.7. The molecule has 0 spiro atoms. The van der Waals surface area contributed by atoms with Gasteiger partial charge in [-0.15, -0.1) is 0 Å². The van der Waals surface area contributed by atoms with Crippen molar-refractivity contribution in [3.05, 3.63) is 0 Å². The van der Waals surface area contributed by atoms with E-state index >= 15 is 0 Å². The summed E-state index contributed by atoms with van der Waals surface area (Å²) >= 11 is 0. The molecule has 1 rings (SSSR count). The molecule has 19 heteroatoms. The molecule has 0 radical (unpaired) electrons. The Morgan fingerprint density at radius 1 is 0.570 bits per heavy atom. The summed E-state index contributed by atoms with van der Waals surface area (Å²) in [6.07, 6.45) is 23.4. The first-order chi connectivity index (χ1) is 38.0. The number of methoxy groups -OCH3 is 1. The lowest BCUT2D eigenvalue weighted by molar-refractivity contribution is -0.275. The van der Waals surface area contributed by atoms with Crippen LogP contribution in [0.3, 0.4) is 0 Å². The van der Waals surface area contributed by atoms with Crippen molar-refractivity contribution in [2.45, 2.75) is 321 Å². The Bertz CT molecular complexity index is 1700. The molecule has 0 aromatic carbocycles. The summed E-state index contributed by atoms with van der Waals surface area (Å²) in [7, 11) is 1.18. The molecular formula is C60H108N4O15. The fourth-order valence-electron chi connectivity index (χ4n) is 9.60. The van der Waals surface area contributed by atoms with Crippen LogP contribution in [0.5, 0.6) is 0 Å². The van der Waals surface area contributed by atoms with Crippen molar-refractivity contribution >= 4 is 47.5 Å². The molecule has 1 aliphatic rings. The van der Waals surface area contributed by atoms with Crippen molar-refractivity contribution in [2.75, 3.05) is 13.7 Å². The van der Waals surface area contributed by atoms with Gasteiger partial charge in [-0.05, 0) is 46.0 Å². The predicted molar refractivity (Wildman–Crippen MR) is 303 cm³/mol. The van der Waals surface area contributed by atoms with Gasteiger partial charge in [0.25, 0.3) is 0 Å². The number of aliphatic hydroxyl groups is 1. The van der Waals surface area contributed by atoms with E-state index in [1.807, 2.05) is 0 Å². The first-order valence-electron chi connectivity index (χ1n) is 30.7. The number of carbonyl (C=O) groups excluding carboxylic acids is 8. The summed E-state index contributed by atoms with van der Waals surface area (Å²) in [5, 5.41) is 19.5. The molecule has 1 saturated heterocycles. The molecule has 0 saturated carbocycles. The van der Waals surface area contributed by atoms with Gasteiger partial charge in [0.1, 0.15) is 55.3 Å². The highest BCUT2D eigenvalue weighted by Gasteiger charge is 2.50. The zero-order valence-corrected chi connectivity index (χ0v) is 49.9. The number of ether oxygens (including phenoxy) is 6. The van der Waals surface area contributed by atoms with E-state index in [2.05, 4.69) is 41.5 Å². The van der Waals surface area contributed by atoms with Crippen LogP contribution in [0.1, 0.15) is 266 Å². The Morgan fingerprint density at radius 2 is 1.04 bits per heavy atom. The van der Waals surface area contributed by atoms with E-state index in [1.54, 1.807) is 0 Å². The van der Waals surface area contributed by atoms with E-state index in [4.69, 9.17) is 29.4 Å². The summed E-state index contributed by atoms with van der Waals surface area (Å²) in [5.74, 6) is -5.50. The number of esters is 4. The second-order valence-electron chi connectivity index (χ2n) is 21.8. The number of nitrogens with one attached hydrogen (secondary N) is 3. The van der Waals surface area contributed by atoms with E-state index in [0.717, 1.165) is 70.6 Å². The molecule has 458 valence electrons. The largest absolute Gasteiger partial charge is 0.469 e. The fraction of sp³-hybridized carbons (Fsp3) is 0.867. The summed E-state index contributed by atoms with van der Waals surface area (Å²) < 4.78 is 34.4. The van der Waals surface area contributed by atoms with Gasteiger partial charge in [0, 0.05) is 26.2 Å². The lowest BCUT2D eigenvalue weighted by Crippen LogP contribution is -2.66. The molecular weight excluding hydrogens is 1020 g/mol. The van der Waals surface area contributed by atoms with Crippen LogP contribution in [0, 0.1) is 0 Å². The number of carbonyl (C=O) groups is 8. The number of rotatable bonds is 49. The highest BCUT2D eigenvalue weighted by molar-refractivity contribution is 5.92. The minimum atomic E-state index is -1.69. The minimum absolute atomic E-state index is 0.0354. The Morgan fingerprint density at radius 3 is 1.51 bits per heavy atom. The van der Waals surface area contributed by atoms with Crippen molar-refractivity contribution in [3.63, 3.8) is 0 Å².